The van der Waals surface area contributed by atoms with E-state index in [0.29, 0.717) is 13.0 Å². The van der Waals surface area contributed by atoms with Crippen LogP contribution < -0.4 is 0 Å². The van der Waals surface area contributed by atoms with Crippen molar-refractivity contribution in [2.75, 3.05) is 20.1 Å². The van der Waals surface area contributed by atoms with Gasteiger partial charge >= 0.3 is 12.0 Å². The number of urea groups is 1. The van der Waals surface area contributed by atoms with Gasteiger partial charge in [0.15, 0.2) is 0 Å². The first-order valence-corrected chi connectivity index (χ1v) is 5.66. The van der Waals surface area contributed by atoms with Crippen molar-refractivity contribution in [1.82, 2.24) is 9.80 Å². The number of aliphatic carboxylic acids is 1. The number of nitrogens with zero attached hydrogens (tertiary/aromatic N) is 3. The first-order valence-electron chi connectivity index (χ1n) is 5.66. The van der Waals surface area contributed by atoms with Crippen LogP contribution in [0.1, 0.15) is 25.7 Å². The first-order chi connectivity index (χ1) is 8.06. The van der Waals surface area contributed by atoms with Crippen LogP contribution in [0.15, 0.2) is 0 Å². The van der Waals surface area contributed by atoms with Gasteiger partial charge in [-0.3, -0.25) is 4.79 Å². The summed E-state index contributed by atoms with van der Waals surface area (Å²) >= 11 is 0. The fourth-order valence-corrected chi connectivity index (χ4v) is 1.57. The van der Waals surface area contributed by atoms with E-state index in [-0.39, 0.29) is 25.0 Å². The summed E-state index contributed by atoms with van der Waals surface area (Å²) in [5.74, 6) is -0.900. The Morgan fingerprint density at radius 3 is 2.53 bits per heavy atom. The topological polar surface area (TPSA) is 84.6 Å². The molecule has 1 rings (SSSR count). The summed E-state index contributed by atoms with van der Waals surface area (Å²) in [5, 5.41) is 17.1. The van der Waals surface area contributed by atoms with Crippen molar-refractivity contribution in [3.8, 4) is 6.07 Å². The van der Waals surface area contributed by atoms with Gasteiger partial charge in [-0.2, -0.15) is 5.26 Å². The van der Waals surface area contributed by atoms with Crippen molar-refractivity contribution >= 4 is 12.0 Å². The fraction of sp³-hybridized carbons (Fsp3) is 0.727. The van der Waals surface area contributed by atoms with Gasteiger partial charge in [0.1, 0.15) is 0 Å². The Bertz CT molecular complexity index is 333. The molecule has 0 aromatic rings. The number of rotatable bonds is 6. The Kier molecular flexibility index (Phi) is 4.76. The molecule has 0 unspecified atom stereocenters. The smallest absolute Gasteiger partial charge is 0.320 e. The summed E-state index contributed by atoms with van der Waals surface area (Å²) in [7, 11) is 1.63. The highest BCUT2D eigenvalue weighted by atomic mass is 16.4. The van der Waals surface area contributed by atoms with Gasteiger partial charge in [-0.1, -0.05) is 0 Å². The lowest BCUT2D eigenvalue weighted by atomic mass is 10.3. The molecule has 0 saturated heterocycles. The van der Waals surface area contributed by atoms with Crippen molar-refractivity contribution in [3.63, 3.8) is 0 Å². The highest BCUT2D eigenvalue weighted by molar-refractivity contribution is 5.76. The summed E-state index contributed by atoms with van der Waals surface area (Å²) in [6, 6.07) is 1.99. The predicted molar refractivity (Wildman–Crippen MR) is 60.2 cm³/mol. The van der Waals surface area contributed by atoms with Gasteiger partial charge in [-0.25, -0.2) is 4.79 Å². The highest BCUT2D eigenvalue weighted by Crippen LogP contribution is 2.27. The summed E-state index contributed by atoms with van der Waals surface area (Å²) in [6.45, 7) is 0.626. The van der Waals surface area contributed by atoms with E-state index in [1.807, 2.05) is 6.07 Å². The van der Waals surface area contributed by atoms with Crippen molar-refractivity contribution in [2.45, 2.75) is 31.7 Å². The maximum atomic E-state index is 12.0. The number of carboxylic acids is 1. The minimum absolute atomic E-state index is 0.0334. The molecule has 0 aromatic heterocycles. The van der Waals surface area contributed by atoms with Crippen molar-refractivity contribution in [2.24, 2.45) is 0 Å². The molecular weight excluding hydrogens is 222 g/mol. The molecule has 0 spiro atoms. The van der Waals surface area contributed by atoms with Crippen molar-refractivity contribution in [1.29, 1.82) is 5.26 Å². The van der Waals surface area contributed by atoms with Gasteiger partial charge in [-0.15, -0.1) is 0 Å². The number of nitriles is 1. The van der Waals surface area contributed by atoms with E-state index < -0.39 is 5.97 Å². The van der Waals surface area contributed by atoms with Crippen LogP contribution in [0, 0.1) is 11.3 Å². The maximum Gasteiger partial charge on any atom is 0.320 e. The lowest BCUT2D eigenvalue weighted by Crippen LogP contribution is -2.43. The molecular formula is C11H17N3O3. The molecule has 0 aliphatic heterocycles. The molecule has 94 valence electrons. The molecule has 6 heteroatoms. The lowest BCUT2D eigenvalue weighted by Gasteiger charge is -2.27. The third-order valence-electron chi connectivity index (χ3n) is 2.69. The zero-order valence-electron chi connectivity index (χ0n) is 9.93. The minimum atomic E-state index is -0.900. The molecule has 0 radical (unpaired) electrons. The van der Waals surface area contributed by atoms with Gasteiger partial charge in [-0.05, 0) is 12.8 Å². The average molecular weight is 239 g/mol. The average Bonchev–Trinajstić information content (AvgIpc) is 3.09. The summed E-state index contributed by atoms with van der Waals surface area (Å²) in [5.41, 5.74) is 0. The van der Waals surface area contributed by atoms with Gasteiger partial charge in [0.25, 0.3) is 0 Å². The first kappa shape index (κ1) is 13.3. The SMILES string of the molecule is CN(CCC#N)C(=O)N(CCC(=O)O)C1CC1. The molecule has 0 aromatic carbocycles. The Hall–Kier alpha value is -1.77. The van der Waals surface area contributed by atoms with E-state index in [0.717, 1.165) is 12.8 Å². The van der Waals surface area contributed by atoms with Crippen LogP contribution in [0.2, 0.25) is 0 Å². The highest BCUT2D eigenvalue weighted by Gasteiger charge is 2.33. The zero-order valence-corrected chi connectivity index (χ0v) is 9.93. The second-order valence-electron chi connectivity index (χ2n) is 4.18. The van der Waals surface area contributed by atoms with Crippen LogP contribution in [-0.4, -0.2) is 53.1 Å². The summed E-state index contributed by atoms with van der Waals surface area (Å²) in [4.78, 5) is 25.6. The van der Waals surface area contributed by atoms with E-state index in [1.165, 1.54) is 4.90 Å². The van der Waals surface area contributed by atoms with Crippen LogP contribution in [0.25, 0.3) is 0 Å². The number of carbonyl (C=O) groups excluding carboxylic acids is 1. The van der Waals surface area contributed by atoms with E-state index in [2.05, 4.69) is 0 Å². The number of hydrogen-bond donors (Lipinski definition) is 1. The maximum absolute atomic E-state index is 12.0. The molecule has 1 aliphatic carbocycles. The van der Waals surface area contributed by atoms with Gasteiger partial charge in [0.05, 0.1) is 18.9 Å². The quantitative estimate of drug-likeness (QED) is 0.746. The molecule has 0 bridgehead atoms. The normalized spacial score (nSPS) is 13.9. The molecule has 6 nitrogen and oxygen atoms in total. The molecule has 1 N–H and O–H groups in total. The molecule has 1 aliphatic rings. The molecule has 1 saturated carbocycles. The third-order valence-corrected chi connectivity index (χ3v) is 2.69. The molecule has 1 fully saturated rings. The van der Waals surface area contributed by atoms with E-state index >= 15 is 0 Å². The van der Waals surface area contributed by atoms with Crippen LogP contribution in [0.5, 0.6) is 0 Å². The van der Waals surface area contributed by atoms with Crippen molar-refractivity contribution < 1.29 is 14.7 Å². The van der Waals surface area contributed by atoms with Gasteiger partial charge in [0.2, 0.25) is 0 Å². The van der Waals surface area contributed by atoms with Crippen LogP contribution >= 0.6 is 0 Å². The molecule has 17 heavy (non-hydrogen) atoms. The van der Waals surface area contributed by atoms with Gasteiger partial charge in [0, 0.05) is 26.2 Å². The molecule has 2 amide bonds. The zero-order chi connectivity index (χ0) is 12.8. The van der Waals surface area contributed by atoms with E-state index in [4.69, 9.17) is 10.4 Å². The predicted octanol–water partition coefficient (Wildman–Crippen LogP) is 0.891. The molecule has 0 atom stereocenters. The second kappa shape index (κ2) is 6.09. The van der Waals surface area contributed by atoms with Crippen LogP contribution in [0.4, 0.5) is 4.79 Å². The number of carboxylic acid groups (broad SMARTS) is 1. The van der Waals surface area contributed by atoms with Gasteiger partial charge < -0.3 is 14.9 Å². The Balaban J connectivity index is 2.48. The lowest BCUT2D eigenvalue weighted by molar-refractivity contribution is -0.137. The monoisotopic (exact) mass is 239 g/mol. The standard InChI is InChI=1S/C11H17N3O3/c1-13(7-2-6-12)11(17)14(9-3-4-9)8-5-10(15)16/h9H,2-5,7-8H2,1H3,(H,15,16). The van der Waals surface area contributed by atoms with Crippen LogP contribution in [-0.2, 0) is 4.79 Å². The number of hydrogen-bond acceptors (Lipinski definition) is 3. The Morgan fingerprint density at radius 2 is 2.06 bits per heavy atom. The number of carbonyl (C=O) groups is 2. The molecule has 0 heterocycles. The Morgan fingerprint density at radius 1 is 1.41 bits per heavy atom. The Labute approximate surface area is 100 Å². The van der Waals surface area contributed by atoms with Crippen LogP contribution in [0.3, 0.4) is 0 Å². The summed E-state index contributed by atoms with van der Waals surface area (Å²) < 4.78 is 0. The summed E-state index contributed by atoms with van der Waals surface area (Å²) in [6.07, 6.45) is 2.14. The van der Waals surface area contributed by atoms with E-state index in [1.54, 1.807) is 11.9 Å². The van der Waals surface area contributed by atoms with E-state index in [9.17, 15) is 9.59 Å². The second-order valence-corrected chi connectivity index (χ2v) is 4.18. The third kappa shape index (κ3) is 4.31. The number of amides is 2. The minimum Gasteiger partial charge on any atom is -0.481 e. The van der Waals surface area contributed by atoms with Crippen molar-refractivity contribution in [3.05, 3.63) is 0 Å². The largest absolute Gasteiger partial charge is 0.481 e. The fourth-order valence-electron chi connectivity index (χ4n) is 1.57.